The van der Waals surface area contributed by atoms with Gasteiger partial charge in [-0.3, -0.25) is 4.79 Å². The second-order valence-electron chi connectivity index (χ2n) is 6.25. The molecule has 4 N–H and O–H groups in total. The second kappa shape index (κ2) is 7.57. The van der Waals surface area contributed by atoms with Gasteiger partial charge in [-0.25, -0.2) is 4.79 Å². The maximum atomic E-state index is 12.4. The molecule has 0 saturated carbocycles. The number of halogens is 1. The SMILES string of the molecule is NCC1=C(Cl)C(CC(=O)C[C@H]2Cc3cccc(C(=O)O)c3OB2O)N=N1. The van der Waals surface area contributed by atoms with Crippen molar-refractivity contribution in [2.45, 2.75) is 31.1 Å². The number of carboxylic acid groups (broad SMARTS) is 1. The van der Waals surface area contributed by atoms with Crippen molar-refractivity contribution in [2.24, 2.45) is 16.0 Å². The van der Waals surface area contributed by atoms with Crippen LogP contribution in [0.3, 0.4) is 0 Å². The highest BCUT2D eigenvalue weighted by atomic mass is 35.5. The van der Waals surface area contributed by atoms with E-state index in [1.54, 1.807) is 12.1 Å². The number of fused-ring (bicyclic) bond motifs is 1. The average Bonchev–Trinajstić information content (AvgIpc) is 2.94. The summed E-state index contributed by atoms with van der Waals surface area (Å²) >= 11 is 6.10. The van der Waals surface area contributed by atoms with Gasteiger partial charge in [0.15, 0.2) is 0 Å². The quantitative estimate of drug-likeness (QED) is 0.647. The summed E-state index contributed by atoms with van der Waals surface area (Å²) in [6.07, 6.45) is 0.469. The Kier molecular flexibility index (Phi) is 5.40. The van der Waals surface area contributed by atoms with Crippen LogP contribution in [0.4, 0.5) is 0 Å². The summed E-state index contributed by atoms with van der Waals surface area (Å²) in [5, 5.41) is 27.6. The zero-order valence-corrected chi connectivity index (χ0v) is 14.5. The van der Waals surface area contributed by atoms with E-state index < -0.39 is 24.9 Å². The third-order valence-corrected chi connectivity index (χ3v) is 4.91. The molecule has 2 aliphatic heterocycles. The van der Waals surface area contributed by atoms with Gasteiger partial charge in [0.1, 0.15) is 17.6 Å². The molecule has 1 aromatic rings. The van der Waals surface area contributed by atoms with E-state index in [9.17, 15) is 19.7 Å². The van der Waals surface area contributed by atoms with Gasteiger partial charge in [0, 0.05) is 25.2 Å². The number of aromatic carboxylic acids is 1. The molecule has 0 fully saturated rings. The molecule has 0 aromatic heterocycles. The maximum absolute atomic E-state index is 12.4. The molecule has 26 heavy (non-hydrogen) atoms. The molecule has 2 heterocycles. The zero-order valence-electron chi connectivity index (χ0n) is 13.8. The number of nitrogens with zero attached hydrogens (tertiary/aromatic N) is 2. The van der Waals surface area contributed by atoms with Crippen LogP contribution in [0.5, 0.6) is 5.75 Å². The van der Waals surface area contributed by atoms with Gasteiger partial charge in [-0.1, -0.05) is 23.7 Å². The fourth-order valence-corrected chi connectivity index (χ4v) is 3.35. The summed E-state index contributed by atoms with van der Waals surface area (Å²) in [6.45, 7) is 0.158. The number of Topliss-reactive ketones (excluding diaryl/α,β-unsaturated/α-hetero) is 1. The van der Waals surface area contributed by atoms with E-state index in [1.807, 2.05) is 0 Å². The summed E-state index contributed by atoms with van der Waals surface area (Å²) in [7, 11) is -1.26. The van der Waals surface area contributed by atoms with E-state index in [0.717, 1.165) is 0 Å². The van der Waals surface area contributed by atoms with E-state index in [-0.39, 0.29) is 36.5 Å². The molecule has 0 bridgehead atoms. The van der Waals surface area contributed by atoms with Gasteiger partial charge >= 0.3 is 13.1 Å². The van der Waals surface area contributed by atoms with Gasteiger partial charge in [0.2, 0.25) is 0 Å². The van der Waals surface area contributed by atoms with Crippen molar-refractivity contribution in [2.75, 3.05) is 6.54 Å². The van der Waals surface area contributed by atoms with Crippen molar-refractivity contribution in [3.05, 3.63) is 40.1 Å². The molecule has 0 saturated heterocycles. The lowest BCUT2D eigenvalue weighted by atomic mass is 9.64. The third-order valence-electron chi connectivity index (χ3n) is 4.44. The lowest BCUT2D eigenvalue weighted by molar-refractivity contribution is -0.119. The molecular weight excluding hydrogens is 360 g/mol. The Morgan fingerprint density at radius 3 is 2.81 bits per heavy atom. The first-order valence-corrected chi connectivity index (χ1v) is 8.49. The molecule has 2 aliphatic rings. The van der Waals surface area contributed by atoms with Crippen LogP contribution in [-0.4, -0.2) is 41.6 Å². The Balaban J connectivity index is 1.67. The summed E-state index contributed by atoms with van der Waals surface area (Å²) in [6, 6.07) is 4.22. The minimum Gasteiger partial charge on any atom is -0.535 e. The van der Waals surface area contributed by atoms with Crippen molar-refractivity contribution in [1.82, 2.24) is 0 Å². The van der Waals surface area contributed by atoms with E-state index >= 15 is 0 Å². The van der Waals surface area contributed by atoms with Crippen LogP contribution in [-0.2, 0) is 11.2 Å². The molecule has 0 amide bonds. The molecule has 0 aliphatic carbocycles. The van der Waals surface area contributed by atoms with Gasteiger partial charge in [-0.05, 0) is 18.1 Å². The maximum Gasteiger partial charge on any atom is 0.526 e. The Bertz CT molecular complexity index is 813. The number of hydrogen-bond acceptors (Lipinski definition) is 7. The van der Waals surface area contributed by atoms with Crippen LogP contribution in [0.1, 0.15) is 28.8 Å². The highest BCUT2D eigenvalue weighted by Crippen LogP contribution is 2.37. The molecule has 136 valence electrons. The Morgan fingerprint density at radius 2 is 2.15 bits per heavy atom. The Hall–Kier alpha value is -2.23. The number of nitrogens with two attached hydrogens (primary N) is 1. The zero-order chi connectivity index (χ0) is 18.8. The first kappa shape index (κ1) is 18.6. The van der Waals surface area contributed by atoms with E-state index in [0.29, 0.717) is 22.7 Å². The largest absolute Gasteiger partial charge is 0.535 e. The lowest BCUT2D eigenvalue weighted by Crippen LogP contribution is -2.36. The molecule has 10 heteroatoms. The van der Waals surface area contributed by atoms with Crippen molar-refractivity contribution in [3.63, 3.8) is 0 Å². The standard InChI is InChI=1S/C16H17BClN3O5/c18-14-12(20-21-13(14)7-19)6-10(22)5-9-4-8-2-1-3-11(16(23)24)15(8)26-17(9)25/h1-3,9,12,25H,4-7,19H2,(H,23,24)/t9-,12?/m1/s1. The van der Waals surface area contributed by atoms with Gasteiger partial charge in [0.25, 0.3) is 0 Å². The lowest BCUT2D eigenvalue weighted by Gasteiger charge is -2.28. The number of carbonyl (C=O) groups excluding carboxylic acids is 1. The van der Waals surface area contributed by atoms with Gasteiger partial charge < -0.3 is 20.5 Å². The minimum absolute atomic E-state index is 0.0103. The van der Waals surface area contributed by atoms with Crippen molar-refractivity contribution in [1.29, 1.82) is 0 Å². The normalized spacial score (nSPS) is 21.6. The Labute approximate surface area is 154 Å². The van der Waals surface area contributed by atoms with Crippen molar-refractivity contribution in [3.8, 4) is 5.75 Å². The summed E-state index contributed by atoms with van der Waals surface area (Å²) < 4.78 is 5.39. The molecular formula is C16H17BClN3O5. The molecule has 3 rings (SSSR count). The number of benzene rings is 1. The molecule has 0 spiro atoms. The highest BCUT2D eigenvalue weighted by molar-refractivity contribution is 6.47. The molecule has 2 atom stereocenters. The van der Waals surface area contributed by atoms with Crippen LogP contribution >= 0.6 is 11.6 Å². The first-order chi connectivity index (χ1) is 12.4. The molecule has 8 nitrogen and oxygen atoms in total. The second-order valence-corrected chi connectivity index (χ2v) is 6.66. The molecule has 1 unspecified atom stereocenters. The van der Waals surface area contributed by atoms with E-state index in [2.05, 4.69) is 10.2 Å². The highest BCUT2D eigenvalue weighted by Gasteiger charge is 2.38. The predicted molar refractivity (Wildman–Crippen MR) is 94.3 cm³/mol. The predicted octanol–water partition coefficient (Wildman–Crippen LogP) is 1.76. The number of carboxylic acids is 1. The molecule has 1 aromatic carbocycles. The molecule has 0 radical (unpaired) electrons. The van der Waals surface area contributed by atoms with Gasteiger partial charge in [-0.15, -0.1) is 0 Å². The summed E-state index contributed by atoms with van der Waals surface area (Å²) in [5.41, 5.74) is 6.60. The van der Waals surface area contributed by atoms with Gasteiger partial charge in [-0.2, -0.15) is 10.2 Å². The number of rotatable bonds is 6. The van der Waals surface area contributed by atoms with Crippen LogP contribution in [0.15, 0.2) is 39.2 Å². The van der Waals surface area contributed by atoms with Crippen LogP contribution in [0.25, 0.3) is 0 Å². The van der Waals surface area contributed by atoms with Crippen LogP contribution < -0.4 is 10.4 Å². The summed E-state index contributed by atoms with van der Waals surface area (Å²) in [4.78, 5) is 23.6. The number of hydrogen-bond donors (Lipinski definition) is 3. The minimum atomic E-state index is -1.26. The van der Waals surface area contributed by atoms with E-state index in [1.165, 1.54) is 6.07 Å². The summed E-state index contributed by atoms with van der Waals surface area (Å²) in [5.74, 6) is -1.60. The van der Waals surface area contributed by atoms with E-state index in [4.69, 9.17) is 22.0 Å². The van der Waals surface area contributed by atoms with Crippen LogP contribution in [0.2, 0.25) is 5.82 Å². The monoisotopic (exact) mass is 377 g/mol. The average molecular weight is 378 g/mol. The van der Waals surface area contributed by atoms with Gasteiger partial charge in [0.05, 0.1) is 16.3 Å². The fourth-order valence-electron chi connectivity index (χ4n) is 3.12. The smallest absolute Gasteiger partial charge is 0.526 e. The third kappa shape index (κ3) is 3.65. The number of carbonyl (C=O) groups is 2. The topological polar surface area (TPSA) is 135 Å². The number of ketones is 1. The number of para-hydroxylation sites is 1. The fraction of sp³-hybridized carbons (Fsp3) is 0.375. The van der Waals surface area contributed by atoms with Crippen molar-refractivity contribution < 1.29 is 24.4 Å². The Morgan fingerprint density at radius 1 is 1.38 bits per heavy atom. The number of azo groups is 1. The van der Waals surface area contributed by atoms with Crippen LogP contribution in [0, 0.1) is 0 Å². The first-order valence-electron chi connectivity index (χ1n) is 8.11. The van der Waals surface area contributed by atoms with Crippen molar-refractivity contribution >= 4 is 30.5 Å².